The molecule has 0 fully saturated rings. The van der Waals surface area contributed by atoms with Crippen LogP contribution in [0.1, 0.15) is 51.4 Å². The van der Waals surface area contributed by atoms with Gasteiger partial charge in [0.2, 0.25) is 0 Å². The number of ketones is 1. The summed E-state index contributed by atoms with van der Waals surface area (Å²) >= 11 is 0. The van der Waals surface area contributed by atoms with Gasteiger partial charge in [-0.25, -0.2) is 0 Å². The van der Waals surface area contributed by atoms with Crippen LogP contribution in [-0.4, -0.2) is 16.9 Å². The number of carbonyl (C=O) groups excluding carboxylic acids is 1. The monoisotopic (exact) mass is 210 g/mol. The van der Waals surface area contributed by atoms with Crippen LogP contribution in [0.3, 0.4) is 0 Å². The number of carboxylic acids is 1. The summed E-state index contributed by atoms with van der Waals surface area (Å²) in [4.78, 5) is 21.5. The van der Waals surface area contributed by atoms with Gasteiger partial charge < -0.3 is 5.11 Å². The minimum atomic E-state index is -0.719. The van der Waals surface area contributed by atoms with Crippen molar-refractivity contribution >= 4 is 11.8 Å². The number of hydrogen-bond acceptors (Lipinski definition) is 2. The standard InChI is InChI=1S/C12H18O3/c13-11-8-5-7-10(11)6-3-1-2-4-9-12(14)15/h7H,1-6,8-9H2,(H,14,15). The summed E-state index contributed by atoms with van der Waals surface area (Å²) in [5.41, 5.74) is 0.994. The van der Waals surface area contributed by atoms with Gasteiger partial charge in [0.15, 0.2) is 5.78 Å². The van der Waals surface area contributed by atoms with Crippen LogP contribution in [0.4, 0.5) is 0 Å². The predicted molar refractivity (Wildman–Crippen MR) is 57.7 cm³/mol. The average Bonchev–Trinajstić information content (AvgIpc) is 2.57. The summed E-state index contributed by atoms with van der Waals surface area (Å²) in [7, 11) is 0. The van der Waals surface area contributed by atoms with Gasteiger partial charge in [-0.3, -0.25) is 9.59 Å². The summed E-state index contributed by atoms with van der Waals surface area (Å²) in [5, 5.41) is 8.42. The molecular weight excluding hydrogens is 192 g/mol. The van der Waals surface area contributed by atoms with E-state index in [9.17, 15) is 9.59 Å². The van der Waals surface area contributed by atoms with Gasteiger partial charge in [0.05, 0.1) is 0 Å². The maximum absolute atomic E-state index is 11.2. The average molecular weight is 210 g/mol. The van der Waals surface area contributed by atoms with Gasteiger partial charge >= 0.3 is 5.97 Å². The van der Waals surface area contributed by atoms with E-state index in [-0.39, 0.29) is 6.42 Å². The van der Waals surface area contributed by atoms with Crippen molar-refractivity contribution in [1.29, 1.82) is 0 Å². The van der Waals surface area contributed by atoms with Gasteiger partial charge in [0.1, 0.15) is 0 Å². The van der Waals surface area contributed by atoms with Crippen molar-refractivity contribution in [2.75, 3.05) is 0 Å². The first kappa shape index (κ1) is 12.0. The molecule has 84 valence electrons. The Kier molecular flexibility index (Phi) is 5.08. The minimum Gasteiger partial charge on any atom is -0.481 e. The molecule has 1 aliphatic rings. The fourth-order valence-electron chi connectivity index (χ4n) is 1.84. The van der Waals surface area contributed by atoms with Gasteiger partial charge in [-0.05, 0) is 31.3 Å². The van der Waals surface area contributed by atoms with Crippen molar-refractivity contribution < 1.29 is 14.7 Å². The summed E-state index contributed by atoms with van der Waals surface area (Å²) < 4.78 is 0. The highest BCUT2D eigenvalue weighted by Gasteiger charge is 2.13. The van der Waals surface area contributed by atoms with Gasteiger partial charge in [0.25, 0.3) is 0 Å². The molecule has 0 aromatic carbocycles. The second-order valence-electron chi connectivity index (χ2n) is 4.00. The maximum atomic E-state index is 11.2. The Bertz CT molecular complexity index is 266. The van der Waals surface area contributed by atoms with E-state index in [1.54, 1.807) is 0 Å². The second-order valence-corrected chi connectivity index (χ2v) is 4.00. The number of allylic oxidation sites excluding steroid dienone is 2. The van der Waals surface area contributed by atoms with Crippen molar-refractivity contribution in [3.05, 3.63) is 11.6 Å². The maximum Gasteiger partial charge on any atom is 0.303 e. The van der Waals surface area contributed by atoms with Crippen LogP contribution in [0.5, 0.6) is 0 Å². The van der Waals surface area contributed by atoms with E-state index < -0.39 is 5.97 Å². The Balaban J connectivity index is 1.97. The molecule has 15 heavy (non-hydrogen) atoms. The lowest BCUT2D eigenvalue weighted by Gasteiger charge is -2.00. The van der Waals surface area contributed by atoms with E-state index in [1.165, 1.54) is 0 Å². The number of hydrogen-bond donors (Lipinski definition) is 1. The van der Waals surface area contributed by atoms with Crippen LogP contribution in [0.15, 0.2) is 11.6 Å². The van der Waals surface area contributed by atoms with Gasteiger partial charge in [-0.2, -0.15) is 0 Å². The smallest absolute Gasteiger partial charge is 0.303 e. The molecule has 0 amide bonds. The van der Waals surface area contributed by atoms with Crippen LogP contribution in [0.25, 0.3) is 0 Å². The summed E-state index contributed by atoms with van der Waals surface area (Å²) in [6, 6.07) is 0. The Hall–Kier alpha value is -1.12. The van der Waals surface area contributed by atoms with E-state index in [4.69, 9.17) is 5.11 Å². The second kappa shape index (κ2) is 6.38. The number of carboxylic acid groups (broad SMARTS) is 1. The van der Waals surface area contributed by atoms with Crippen LogP contribution in [0, 0.1) is 0 Å². The van der Waals surface area contributed by atoms with Crippen molar-refractivity contribution in [3.8, 4) is 0 Å². The van der Waals surface area contributed by atoms with Crippen LogP contribution in [0.2, 0.25) is 0 Å². The Morgan fingerprint density at radius 3 is 2.60 bits per heavy atom. The fourth-order valence-corrected chi connectivity index (χ4v) is 1.84. The van der Waals surface area contributed by atoms with Crippen LogP contribution < -0.4 is 0 Å². The molecule has 1 aliphatic carbocycles. The molecule has 1 rings (SSSR count). The van der Waals surface area contributed by atoms with Crippen LogP contribution in [-0.2, 0) is 9.59 Å². The highest BCUT2D eigenvalue weighted by atomic mass is 16.4. The first-order valence-electron chi connectivity index (χ1n) is 5.64. The third kappa shape index (κ3) is 4.77. The van der Waals surface area contributed by atoms with E-state index >= 15 is 0 Å². The Morgan fingerprint density at radius 1 is 1.27 bits per heavy atom. The number of unbranched alkanes of at least 4 members (excludes halogenated alkanes) is 3. The van der Waals surface area contributed by atoms with E-state index in [0.29, 0.717) is 12.2 Å². The molecule has 0 aromatic rings. The zero-order chi connectivity index (χ0) is 11.1. The highest BCUT2D eigenvalue weighted by molar-refractivity contribution is 5.97. The molecule has 0 unspecified atom stereocenters. The molecule has 0 bridgehead atoms. The predicted octanol–water partition coefficient (Wildman–Crippen LogP) is 2.70. The lowest BCUT2D eigenvalue weighted by Crippen LogP contribution is -1.96. The van der Waals surface area contributed by atoms with Crippen LogP contribution >= 0.6 is 0 Å². The topological polar surface area (TPSA) is 54.4 Å². The first-order valence-corrected chi connectivity index (χ1v) is 5.64. The highest BCUT2D eigenvalue weighted by Crippen LogP contribution is 2.20. The molecule has 0 atom stereocenters. The zero-order valence-corrected chi connectivity index (χ0v) is 9.00. The quantitative estimate of drug-likeness (QED) is 0.657. The molecule has 3 heteroatoms. The van der Waals surface area contributed by atoms with Gasteiger partial charge in [-0.1, -0.05) is 18.9 Å². The molecule has 0 aromatic heterocycles. The Labute approximate surface area is 90.2 Å². The van der Waals surface area contributed by atoms with E-state index in [1.807, 2.05) is 6.08 Å². The van der Waals surface area contributed by atoms with Crippen molar-refractivity contribution in [2.45, 2.75) is 51.4 Å². The molecule has 0 radical (unpaired) electrons. The summed E-state index contributed by atoms with van der Waals surface area (Å²) in [6.45, 7) is 0. The molecule has 0 spiro atoms. The van der Waals surface area contributed by atoms with E-state index in [2.05, 4.69) is 0 Å². The number of aliphatic carboxylic acids is 1. The van der Waals surface area contributed by atoms with Gasteiger partial charge in [-0.15, -0.1) is 0 Å². The minimum absolute atomic E-state index is 0.266. The molecule has 0 saturated heterocycles. The first-order chi connectivity index (χ1) is 7.20. The van der Waals surface area contributed by atoms with Crippen molar-refractivity contribution in [3.63, 3.8) is 0 Å². The van der Waals surface area contributed by atoms with E-state index in [0.717, 1.165) is 44.1 Å². The normalized spacial score (nSPS) is 15.5. The third-order valence-corrected chi connectivity index (χ3v) is 2.71. The van der Waals surface area contributed by atoms with Gasteiger partial charge in [0, 0.05) is 12.8 Å². The lowest BCUT2D eigenvalue weighted by molar-refractivity contribution is -0.137. The molecule has 0 heterocycles. The summed E-state index contributed by atoms with van der Waals surface area (Å²) in [6.07, 6.45) is 8.53. The largest absolute Gasteiger partial charge is 0.481 e. The SMILES string of the molecule is O=C(O)CCCCCCC1=CCCC1=O. The molecule has 3 nitrogen and oxygen atoms in total. The molecular formula is C12H18O3. The lowest BCUT2D eigenvalue weighted by atomic mass is 10.0. The fraction of sp³-hybridized carbons (Fsp3) is 0.667. The number of carbonyl (C=O) groups is 2. The Morgan fingerprint density at radius 2 is 2.00 bits per heavy atom. The molecule has 1 N–H and O–H groups in total. The number of rotatable bonds is 7. The molecule has 0 aliphatic heterocycles. The summed E-state index contributed by atoms with van der Waals surface area (Å²) in [5.74, 6) is -0.413. The van der Waals surface area contributed by atoms with Crippen molar-refractivity contribution in [2.24, 2.45) is 0 Å². The number of Topliss-reactive ketones (excluding diaryl/α,β-unsaturated/α-hetero) is 1. The third-order valence-electron chi connectivity index (χ3n) is 2.71. The van der Waals surface area contributed by atoms with Crippen molar-refractivity contribution in [1.82, 2.24) is 0 Å². The molecule has 0 saturated carbocycles. The zero-order valence-electron chi connectivity index (χ0n) is 9.00.